The molecule has 8 heteroatoms. The molecule has 6 nitrogen and oxygen atoms in total. The van der Waals surface area contributed by atoms with Gasteiger partial charge in [-0.1, -0.05) is 6.07 Å². The molecule has 3 aromatic rings. The Labute approximate surface area is 166 Å². The summed E-state index contributed by atoms with van der Waals surface area (Å²) in [5, 5.41) is 7.45. The van der Waals surface area contributed by atoms with Gasteiger partial charge in [-0.2, -0.15) is 0 Å². The average molecular weight is 401 g/mol. The summed E-state index contributed by atoms with van der Waals surface area (Å²) in [7, 11) is 0. The normalized spacial score (nSPS) is 10.5. The highest BCUT2D eigenvalue weighted by atomic mass is 32.1. The summed E-state index contributed by atoms with van der Waals surface area (Å²) in [6.07, 6.45) is 1.57. The molecule has 0 saturated carbocycles. The topological polar surface area (TPSA) is 74.6 Å². The number of carbonyl (C=O) groups is 2. The van der Waals surface area contributed by atoms with Gasteiger partial charge in [0.25, 0.3) is 5.91 Å². The van der Waals surface area contributed by atoms with Crippen molar-refractivity contribution >= 4 is 23.3 Å². The molecule has 0 saturated heterocycles. The van der Waals surface area contributed by atoms with Crippen LogP contribution >= 0.6 is 11.3 Å². The van der Waals surface area contributed by atoms with E-state index in [0.717, 1.165) is 4.88 Å². The Morgan fingerprint density at radius 1 is 1.00 bits per heavy atom. The zero-order chi connectivity index (χ0) is 19.8. The van der Waals surface area contributed by atoms with Gasteiger partial charge >= 0.3 is 6.03 Å². The number of urea groups is 1. The first-order valence-corrected chi connectivity index (χ1v) is 9.61. The number of nitrogens with zero attached hydrogens (tertiary/aromatic N) is 1. The first-order chi connectivity index (χ1) is 13.6. The largest absolute Gasteiger partial charge is 0.467 e. The molecule has 0 aliphatic rings. The predicted molar refractivity (Wildman–Crippen MR) is 104 cm³/mol. The Morgan fingerprint density at radius 3 is 2.46 bits per heavy atom. The number of rotatable bonds is 8. The average Bonchev–Trinajstić information content (AvgIpc) is 3.39. The number of benzene rings is 1. The SMILES string of the molecule is O=C(NCCNC(=O)N(Cc1ccco1)Cc1cccs1)c1ccc(F)cc1. The fourth-order valence-electron chi connectivity index (χ4n) is 2.54. The van der Waals surface area contributed by atoms with Crippen molar-refractivity contribution in [2.75, 3.05) is 13.1 Å². The number of hydrogen-bond acceptors (Lipinski definition) is 4. The van der Waals surface area contributed by atoms with Crippen molar-refractivity contribution < 1.29 is 18.4 Å². The summed E-state index contributed by atoms with van der Waals surface area (Å²) in [6, 6.07) is 12.5. The zero-order valence-electron chi connectivity index (χ0n) is 15.1. The van der Waals surface area contributed by atoms with Gasteiger partial charge in [0.1, 0.15) is 11.6 Å². The molecule has 3 amide bonds. The standard InChI is InChI=1S/C20H20FN3O3S/c21-16-7-5-15(6-8-16)19(25)22-9-10-23-20(26)24(13-17-3-1-11-27-17)14-18-4-2-12-28-18/h1-8,11-12H,9-10,13-14H2,(H,22,25)(H,23,26). The molecule has 3 rings (SSSR count). The highest BCUT2D eigenvalue weighted by Crippen LogP contribution is 2.15. The van der Waals surface area contributed by atoms with Gasteiger partial charge in [-0.25, -0.2) is 9.18 Å². The Bertz CT molecular complexity index is 844. The second-order valence-electron chi connectivity index (χ2n) is 6.01. The Hall–Kier alpha value is -3.13. The first kappa shape index (κ1) is 19.6. The highest BCUT2D eigenvalue weighted by Gasteiger charge is 2.16. The zero-order valence-corrected chi connectivity index (χ0v) is 15.9. The number of hydrogen-bond donors (Lipinski definition) is 2. The third-order valence-electron chi connectivity index (χ3n) is 3.93. The second-order valence-corrected chi connectivity index (χ2v) is 7.04. The van der Waals surface area contributed by atoms with E-state index in [1.54, 1.807) is 28.6 Å². The molecular formula is C20H20FN3O3S. The van der Waals surface area contributed by atoms with Crippen molar-refractivity contribution in [3.8, 4) is 0 Å². The molecule has 0 radical (unpaired) electrons. The van der Waals surface area contributed by atoms with Crippen molar-refractivity contribution in [2.45, 2.75) is 13.1 Å². The number of halogens is 1. The van der Waals surface area contributed by atoms with Gasteiger partial charge in [-0.15, -0.1) is 11.3 Å². The van der Waals surface area contributed by atoms with Crippen LogP contribution in [0.2, 0.25) is 0 Å². The summed E-state index contributed by atoms with van der Waals surface area (Å²) in [5.74, 6) is -0.0252. The van der Waals surface area contributed by atoms with E-state index in [-0.39, 0.29) is 25.0 Å². The minimum Gasteiger partial charge on any atom is -0.467 e. The van der Waals surface area contributed by atoms with Crippen molar-refractivity contribution in [1.29, 1.82) is 0 Å². The van der Waals surface area contributed by atoms with Gasteiger partial charge in [0.05, 0.1) is 19.4 Å². The van der Waals surface area contributed by atoms with E-state index >= 15 is 0 Å². The van der Waals surface area contributed by atoms with Gasteiger partial charge in [0, 0.05) is 23.5 Å². The van der Waals surface area contributed by atoms with Crippen LogP contribution in [0, 0.1) is 5.82 Å². The van der Waals surface area contributed by atoms with Crippen molar-refractivity contribution in [3.63, 3.8) is 0 Å². The quantitative estimate of drug-likeness (QED) is 0.566. The molecule has 2 aromatic heterocycles. The van der Waals surface area contributed by atoms with Gasteiger partial charge in [0.15, 0.2) is 0 Å². The highest BCUT2D eigenvalue weighted by molar-refractivity contribution is 7.09. The Kier molecular flexibility index (Phi) is 6.80. The van der Waals surface area contributed by atoms with Gasteiger partial charge < -0.3 is 20.0 Å². The summed E-state index contributed by atoms with van der Waals surface area (Å²) >= 11 is 1.58. The van der Waals surface area contributed by atoms with Crippen molar-refractivity contribution in [3.05, 3.63) is 82.2 Å². The van der Waals surface area contributed by atoms with Crippen molar-refractivity contribution in [1.82, 2.24) is 15.5 Å². The van der Waals surface area contributed by atoms with Gasteiger partial charge in [-0.3, -0.25) is 4.79 Å². The predicted octanol–water partition coefficient (Wildman–Crippen LogP) is 3.62. The molecule has 0 bridgehead atoms. The van der Waals surface area contributed by atoms with E-state index in [9.17, 15) is 14.0 Å². The lowest BCUT2D eigenvalue weighted by atomic mass is 10.2. The van der Waals surface area contributed by atoms with E-state index in [2.05, 4.69) is 10.6 Å². The Morgan fingerprint density at radius 2 is 1.79 bits per heavy atom. The van der Waals surface area contributed by atoms with E-state index in [4.69, 9.17) is 4.42 Å². The van der Waals surface area contributed by atoms with Crippen LogP contribution < -0.4 is 10.6 Å². The lowest BCUT2D eigenvalue weighted by Gasteiger charge is -2.21. The lowest BCUT2D eigenvalue weighted by Crippen LogP contribution is -2.42. The monoisotopic (exact) mass is 401 g/mol. The van der Waals surface area contributed by atoms with E-state index in [1.807, 2.05) is 23.6 Å². The molecule has 0 atom stereocenters. The molecule has 0 fully saturated rings. The summed E-state index contributed by atoms with van der Waals surface area (Å²) < 4.78 is 18.2. The third kappa shape index (κ3) is 5.68. The second kappa shape index (κ2) is 9.70. The number of nitrogens with one attached hydrogen (secondary N) is 2. The van der Waals surface area contributed by atoms with Gasteiger partial charge in [-0.05, 0) is 47.8 Å². The molecule has 146 valence electrons. The molecule has 0 aliphatic carbocycles. The van der Waals surface area contributed by atoms with E-state index < -0.39 is 5.82 Å². The minimum absolute atomic E-state index is 0.249. The lowest BCUT2D eigenvalue weighted by molar-refractivity contribution is 0.0953. The maximum absolute atomic E-state index is 12.9. The molecule has 1 aromatic carbocycles. The molecule has 2 heterocycles. The van der Waals surface area contributed by atoms with E-state index in [0.29, 0.717) is 24.4 Å². The van der Waals surface area contributed by atoms with Crippen molar-refractivity contribution in [2.24, 2.45) is 0 Å². The van der Waals surface area contributed by atoms with Crippen LogP contribution in [0.5, 0.6) is 0 Å². The molecular weight excluding hydrogens is 381 g/mol. The molecule has 28 heavy (non-hydrogen) atoms. The summed E-state index contributed by atoms with van der Waals surface area (Å²) in [4.78, 5) is 27.3. The molecule has 0 spiro atoms. The Balaban J connectivity index is 1.48. The number of amides is 3. The van der Waals surface area contributed by atoms with Crippen LogP contribution in [0.25, 0.3) is 0 Å². The van der Waals surface area contributed by atoms with Crippen LogP contribution in [0.3, 0.4) is 0 Å². The van der Waals surface area contributed by atoms with Gasteiger partial charge in [0.2, 0.25) is 0 Å². The maximum Gasteiger partial charge on any atom is 0.318 e. The first-order valence-electron chi connectivity index (χ1n) is 8.73. The smallest absolute Gasteiger partial charge is 0.318 e. The summed E-state index contributed by atoms with van der Waals surface area (Å²) in [6.45, 7) is 1.34. The van der Waals surface area contributed by atoms with Crippen LogP contribution in [0.15, 0.2) is 64.6 Å². The number of furan rings is 1. The number of carbonyl (C=O) groups excluding carboxylic acids is 2. The third-order valence-corrected chi connectivity index (χ3v) is 4.80. The van der Waals surface area contributed by atoms with Crippen LogP contribution in [-0.4, -0.2) is 29.9 Å². The number of thiophene rings is 1. The minimum atomic E-state index is -0.397. The van der Waals surface area contributed by atoms with E-state index in [1.165, 1.54) is 24.3 Å². The van der Waals surface area contributed by atoms with Crippen LogP contribution in [-0.2, 0) is 13.1 Å². The molecule has 0 unspecified atom stereocenters. The van der Waals surface area contributed by atoms with Crippen LogP contribution in [0.4, 0.5) is 9.18 Å². The molecule has 2 N–H and O–H groups in total. The fourth-order valence-corrected chi connectivity index (χ4v) is 3.26. The van der Waals surface area contributed by atoms with Crippen LogP contribution in [0.1, 0.15) is 21.0 Å². The fraction of sp³-hybridized carbons (Fsp3) is 0.200. The summed E-state index contributed by atoms with van der Waals surface area (Å²) in [5.41, 5.74) is 0.366. The molecule has 0 aliphatic heterocycles. The maximum atomic E-state index is 12.9.